The average Bonchev–Trinajstić information content (AvgIpc) is 3.12. The Morgan fingerprint density at radius 1 is 0.562 bits per heavy atom. The fraction of sp³-hybridized carbons (Fsp3) is 0.333. The van der Waals surface area contributed by atoms with E-state index in [1.165, 1.54) is 0 Å². The molecule has 2 fully saturated rings. The molecule has 3 aliphatic rings. The molecule has 0 atom stereocenters. The van der Waals surface area contributed by atoms with Gasteiger partial charge in [0.25, 0.3) is 0 Å². The van der Waals surface area contributed by atoms with E-state index in [1.54, 1.807) is 0 Å². The van der Waals surface area contributed by atoms with Crippen LogP contribution >= 0.6 is 23.2 Å². The lowest BCUT2D eigenvalue weighted by Crippen LogP contribution is -2.46. The summed E-state index contributed by atoms with van der Waals surface area (Å²) < 4.78 is 6.20. The zero-order chi connectivity index (χ0) is 33.0. The van der Waals surface area contributed by atoms with Crippen molar-refractivity contribution in [1.29, 1.82) is 0 Å². The van der Waals surface area contributed by atoms with Gasteiger partial charge in [-0.05, 0) is 72.8 Å². The average molecular weight is 684 g/mol. The van der Waals surface area contributed by atoms with Gasteiger partial charge >= 0.3 is 0 Å². The maximum absolute atomic E-state index is 13.2. The van der Waals surface area contributed by atoms with Crippen molar-refractivity contribution in [1.82, 2.24) is 9.80 Å². The van der Waals surface area contributed by atoms with E-state index in [0.29, 0.717) is 30.4 Å². The molecule has 0 unspecified atom stereocenters. The van der Waals surface area contributed by atoms with Crippen molar-refractivity contribution < 1.29 is 14.3 Å². The summed E-state index contributed by atoms with van der Waals surface area (Å²) in [5.74, 6) is 1.82. The molecule has 0 radical (unpaired) electrons. The maximum Gasteiger partial charge on any atom is 0.164 e. The molecule has 7 nitrogen and oxygen atoms in total. The molecule has 48 heavy (non-hydrogen) atoms. The van der Waals surface area contributed by atoms with E-state index in [4.69, 9.17) is 27.9 Å². The zero-order valence-electron chi connectivity index (χ0n) is 27.0. The fourth-order valence-electron chi connectivity index (χ4n) is 6.92. The minimum Gasteiger partial charge on any atom is -0.457 e. The lowest BCUT2D eigenvalue weighted by Gasteiger charge is -2.36. The molecule has 0 aliphatic carbocycles. The van der Waals surface area contributed by atoms with Gasteiger partial charge in [-0.15, -0.1) is 0 Å². The van der Waals surface area contributed by atoms with Crippen molar-refractivity contribution in [3.8, 4) is 11.5 Å². The second-order valence-corrected chi connectivity index (χ2v) is 13.8. The van der Waals surface area contributed by atoms with Crippen LogP contribution in [0.5, 0.6) is 11.5 Å². The first-order valence-electron chi connectivity index (χ1n) is 16.8. The molecule has 0 amide bonds. The van der Waals surface area contributed by atoms with Crippen molar-refractivity contribution >= 4 is 46.1 Å². The van der Waals surface area contributed by atoms with E-state index in [1.807, 2.05) is 72.8 Å². The van der Waals surface area contributed by atoms with Gasteiger partial charge in [-0.3, -0.25) is 19.4 Å². The number of piperazine rings is 2. The zero-order valence-corrected chi connectivity index (χ0v) is 28.6. The number of Topliss-reactive ketones (excluding diaryl/α,β-unsaturated/α-hetero) is 2. The molecule has 248 valence electrons. The van der Waals surface area contributed by atoms with Crippen LogP contribution in [0.4, 0.5) is 11.4 Å². The second-order valence-electron chi connectivity index (χ2n) is 12.9. The molecule has 4 aromatic carbocycles. The van der Waals surface area contributed by atoms with Gasteiger partial charge in [0.15, 0.2) is 11.6 Å². The van der Waals surface area contributed by atoms with Gasteiger partial charge in [-0.2, -0.15) is 0 Å². The number of ether oxygens (including phenoxy) is 1. The number of ketones is 2. The van der Waals surface area contributed by atoms with Crippen molar-refractivity contribution in [3.63, 3.8) is 0 Å². The summed E-state index contributed by atoms with van der Waals surface area (Å²) in [4.78, 5) is 35.9. The summed E-state index contributed by atoms with van der Waals surface area (Å²) in [6.07, 6.45) is 1.58. The highest BCUT2D eigenvalue weighted by molar-refractivity contribution is 6.31. The van der Waals surface area contributed by atoms with Gasteiger partial charge in [0, 0.05) is 128 Å². The fourth-order valence-corrected chi connectivity index (χ4v) is 7.29. The van der Waals surface area contributed by atoms with E-state index in [9.17, 15) is 9.59 Å². The van der Waals surface area contributed by atoms with E-state index in [-0.39, 0.29) is 11.6 Å². The quantitative estimate of drug-likeness (QED) is 0.142. The second kappa shape index (κ2) is 14.7. The highest BCUT2D eigenvalue weighted by Crippen LogP contribution is 2.37. The van der Waals surface area contributed by atoms with Crippen LogP contribution in [0.15, 0.2) is 84.9 Å². The number of hydrogen-bond acceptors (Lipinski definition) is 7. The third-order valence-electron chi connectivity index (χ3n) is 9.77. The Morgan fingerprint density at radius 3 is 1.42 bits per heavy atom. The van der Waals surface area contributed by atoms with Crippen LogP contribution in [-0.2, 0) is 6.42 Å². The Balaban J connectivity index is 0.894. The number of carbonyl (C=O) groups excluding carboxylic acids is 2. The van der Waals surface area contributed by atoms with Crippen LogP contribution in [0.2, 0.25) is 10.0 Å². The Hall–Kier alpha value is -3.88. The maximum atomic E-state index is 13.2. The Bertz CT molecular complexity index is 1670. The molecule has 0 saturated carbocycles. The third-order valence-corrected chi connectivity index (χ3v) is 10.2. The predicted molar refractivity (Wildman–Crippen MR) is 194 cm³/mol. The van der Waals surface area contributed by atoms with Crippen molar-refractivity contribution in [2.45, 2.75) is 19.3 Å². The topological polar surface area (TPSA) is 56.3 Å². The van der Waals surface area contributed by atoms with Crippen molar-refractivity contribution in [3.05, 3.63) is 117 Å². The lowest BCUT2D eigenvalue weighted by molar-refractivity contribution is 0.0954. The minimum atomic E-state index is 0.137. The van der Waals surface area contributed by atoms with Crippen molar-refractivity contribution in [2.24, 2.45) is 0 Å². The van der Waals surface area contributed by atoms with Crippen LogP contribution in [-0.4, -0.2) is 86.8 Å². The number of hydrogen-bond donors (Lipinski definition) is 0. The summed E-state index contributed by atoms with van der Waals surface area (Å²) in [7, 11) is 0. The number of anilines is 2. The van der Waals surface area contributed by atoms with Crippen LogP contribution in [0, 0.1) is 0 Å². The Kier molecular flexibility index (Phi) is 10.0. The number of fused-ring (bicyclic) bond motifs is 2. The largest absolute Gasteiger partial charge is 0.457 e. The van der Waals surface area contributed by atoms with E-state index < -0.39 is 0 Å². The summed E-state index contributed by atoms with van der Waals surface area (Å²) in [6.45, 7) is 8.78. The van der Waals surface area contributed by atoms with Gasteiger partial charge in [0.05, 0.1) is 0 Å². The summed E-state index contributed by atoms with van der Waals surface area (Å²) in [5, 5.41) is 1.50. The van der Waals surface area contributed by atoms with Gasteiger partial charge < -0.3 is 14.5 Å². The van der Waals surface area contributed by atoms with E-state index >= 15 is 0 Å². The highest BCUT2D eigenvalue weighted by Gasteiger charge is 2.23. The molecule has 0 N–H and O–H groups in total. The molecule has 9 heteroatoms. The van der Waals surface area contributed by atoms with Gasteiger partial charge in [0.2, 0.25) is 0 Å². The Morgan fingerprint density at radius 2 is 1.00 bits per heavy atom. The minimum absolute atomic E-state index is 0.137. The Labute approximate surface area is 292 Å². The van der Waals surface area contributed by atoms with Crippen LogP contribution in [0.3, 0.4) is 0 Å². The number of benzene rings is 4. The van der Waals surface area contributed by atoms with Crippen LogP contribution < -0.4 is 14.5 Å². The van der Waals surface area contributed by atoms with Crippen molar-refractivity contribution in [2.75, 3.05) is 75.2 Å². The molecular weight excluding hydrogens is 643 g/mol. The number of halogens is 2. The van der Waals surface area contributed by atoms with E-state index in [0.717, 1.165) is 109 Å². The molecule has 2 saturated heterocycles. The number of nitrogens with zero attached hydrogens (tertiary/aromatic N) is 4. The molecule has 3 aliphatic heterocycles. The first-order valence-corrected chi connectivity index (χ1v) is 17.6. The number of carbonyl (C=O) groups is 2. The summed E-state index contributed by atoms with van der Waals surface area (Å²) in [5.41, 5.74) is 5.67. The van der Waals surface area contributed by atoms with Gasteiger partial charge in [-0.25, -0.2) is 0 Å². The van der Waals surface area contributed by atoms with Crippen LogP contribution in [0.1, 0.15) is 44.7 Å². The SMILES string of the molecule is O=C(CCN1CCN(c2cccc(Cl)c2)CC1)c1ccc2c(c1)Cc1cc(C(=O)CCN3CCN(c4cccc(Cl)c4)CC3)ccc1O2. The smallest absolute Gasteiger partial charge is 0.164 e. The normalized spacial score (nSPS) is 16.6. The molecular formula is C39H40Cl2N4O3. The molecule has 7 rings (SSSR count). The first-order chi connectivity index (χ1) is 23.4. The summed E-state index contributed by atoms with van der Waals surface area (Å²) in [6, 6.07) is 27.4. The van der Waals surface area contributed by atoms with E-state index in [2.05, 4.69) is 31.7 Å². The number of rotatable bonds is 10. The molecule has 0 aromatic heterocycles. The lowest BCUT2D eigenvalue weighted by atomic mass is 9.94. The van der Waals surface area contributed by atoms with Crippen LogP contribution in [0.25, 0.3) is 0 Å². The van der Waals surface area contributed by atoms with Gasteiger partial charge in [-0.1, -0.05) is 35.3 Å². The van der Waals surface area contributed by atoms with Gasteiger partial charge in [0.1, 0.15) is 11.5 Å². The standard InChI is InChI=1S/C39H40Cl2N4O3/c40-32-3-1-5-34(26-32)44-19-15-42(16-20-44)13-11-36(46)28-7-9-38-30(23-28)25-31-24-29(8-10-39(31)48-38)37(47)12-14-43-17-21-45(22-18-43)35-6-2-4-33(41)27-35/h1-10,23-24,26-27H,11-22,25H2. The summed E-state index contributed by atoms with van der Waals surface area (Å²) >= 11 is 12.4. The monoisotopic (exact) mass is 682 g/mol. The molecule has 0 bridgehead atoms. The third kappa shape index (κ3) is 7.71. The molecule has 0 spiro atoms. The predicted octanol–water partition coefficient (Wildman–Crippen LogP) is 7.48. The molecule has 3 heterocycles. The molecule has 4 aromatic rings. The highest BCUT2D eigenvalue weighted by atomic mass is 35.5. The first kappa shape index (κ1) is 32.7.